The fraction of sp³-hybridized carbons (Fsp3) is 0.200. The molecule has 0 N–H and O–H groups in total. The van der Waals surface area contributed by atoms with Crippen molar-refractivity contribution in [2.24, 2.45) is 0 Å². The van der Waals surface area contributed by atoms with E-state index < -0.39 is 0 Å². The summed E-state index contributed by atoms with van der Waals surface area (Å²) < 4.78 is 1.56. The van der Waals surface area contributed by atoms with E-state index in [-0.39, 0.29) is 26.2 Å². The van der Waals surface area contributed by atoms with E-state index in [1.165, 1.54) is 6.42 Å². The molecular formula is C5H6Cl2Zr. The van der Waals surface area contributed by atoms with Crippen LogP contribution in [-0.2, 0) is 24.7 Å². The van der Waals surface area contributed by atoms with Crippen LogP contribution in [0.2, 0.25) is 0 Å². The van der Waals surface area contributed by atoms with Gasteiger partial charge < -0.3 is 26.2 Å². The molecule has 3 heteroatoms. The topological polar surface area (TPSA) is 0 Å². The number of rotatable bonds is 0. The molecule has 1 rings (SSSR count). The van der Waals surface area contributed by atoms with Crippen molar-refractivity contribution in [2.75, 3.05) is 0 Å². The van der Waals surface area contributed by atoms with E-state index in [1.807, 2.05) is 0 Å². The maximum atomic E-state index is 2.18. The Hall–Kier alpha value is 0.943. The normalized spacial score (nSPS) is 14.0. The minimum atomic E-state index is 0. The van der Waals surface area contributed by atoms with E-state index in [1.54, 1.807) is 28.0 Å². The van der Waals surface area contributed by atoms with Gasteiger partial charge in [0.2, 0.25) is 0 Å². The Labute approximate surface area is 78.6 Å². The zero-order chi connectivity index (χ0) is 4.41. The van der Waals surface area contributed by atoms with Gasteiger partial charge in [0.15, 0.2) is 0 Å². The second-order valence-electron chi connectivity index (χ2n) is 1.32. The average Bonchev–Trinajstić information content (AvgIpc) is 1.86. The molecule has 0 unspecified atom stereocenters. The van der Waals surface area contributed by atoms with Crippen LogP contribution in [0.5, 0.6) is 0 Å². The Kier molecular flexibility index (Phi) is 8.88. The van der Waals surface area contributed by atoms with Crippen molar-refractivity contribution in [3.8, 4) is 0 Å². The van der Waals surface area contributed by atoms with Crippen molar-refractivity contribution in [3.05, 3.63) is 21.5 Å². The molecule has 0 amide bonds. The van der Waals surface area contributed by atoms with Crippen molar-refractivity contribution in [2.45, 2.75) is 6.42 Å². The van der Waals surface area contributed by atoms with Gasteiger partial charge >= 0.3 is 52.6 Å². The van der Waals surface area contributed by atoms with Crippen LogP contribution in [0.3, 0.4) is 0 Å². The molecule has 0 aromatic rings. The van der Waals surface area contributed by atoms with Crippen molar-refractivity contribution in [1.29, 1.82) is 0 Å². The molecule has 0 fully saturated rings. The summed E-state index contributed by atoms with van der Waals surface area (Å²) in [5, 5.41) is 0. The van der Waals surface area contributed by atoms with Crippen molar-refractivity contribution in [1.82, 2.24) is 0 Å². The van der Waals surface area contributed by atoms with Crippen molar-refractivity contribution >= 4 is 0 Å². The molecule has 0 bridgehead atoms. The number of hydrogen-bond acceptors (Lipinski definition) is 0. The summed E-state index contributed by atoms with van der Waals surface area (Å²) in [6.07, 6.45) is 7.69. The third kappa shape index (κ3) is 3.89. The molecular weight excluding hydrogens is 222 g/mol. The quantitative estimate of drug-likeness (QED) is 0.392. The fourth-order valence-electron chi connectivity index (χ4n) is 0.447. The molecule has 0 heterocycles. The van der Waals surface area contributed by atoms with Gasteiger partial charge in [-0.1, -0.05) is 0 Å². The van der Waals surface area contributed by atoms with Crippen LogP contribution in [-0.4, -0.2) is 0 Å². The number of allylic oxidation sites excluding steroid dienone is 4. The average molecular weight is 228 g/mol. The third-order valence-corrected chi connectivity index (χ3v) is 1.68. The summed E-state index contributed by atoms with van der Waals surface area (Å²) in [5.74, 6) is 0. The second-order valence-corrected chi connectivity index (χ2v) is 2.90. The third-order valence-electron chi connectivity index (χ3n) is 0.771. The summed E-state index contributed by atoms with van der Waals surface area (Å²) in [5.41, 5.74) is 0. The van der Waals surface area contributed by atoms with E-state index >= 15 is 0 Å². The first kappa shape index (κ1) is 11.7. The Balaban J connectivity index is -0.000000120. The van der Waals surface area contributed by atoms with Crippen LogP contribution in [0.4, 0.5) is 0 Å². The molecule has 0 aromatic heterocycles. The van der Waals surface area contributed by atoms with Crippen molar-refractivity contribution < 1.29 is 51.0 Å². The predicted molar refractivity (Wildman–Crippen MR) is 23.0 cm³/mol. The molecule has 44 valence electrons. The van der Waals surface area contributed by atoms with E-state index in [9.17, 15) is 0 Å². The second kappa shape index (κ2) is 6.07. The summed E-state index contributed by atoms with van der Waals surface area (Å²) >= 11 is 1.56. The van der Waals surface area contributed by atoms with Crippen LogP contribution < -0.4 is 24.8 Å². The summed E-state index contributed by atoms with van der Waals surface area (Å²) in [7, 11) is 0. The van der Waals surface area contributed by atoms with Crippen LogP contribution >= 0.6 is 0 Å². The van der Waals surface area contributed by atoms with E-state index in [4.69, 9.17) is 0 Å². The zero-order valence-electron chi connectivity index (χ0n) is 5.20. The molecule has 8 heavy (non-hydrogen) atoms. The molecule has 0 aliphatic heterocycles. The number of hydrogen-bond donors (Lipinski definition) is 0. The molecule has 0 saturated carbocycles. The molecule has 0 spiro atoms. The molecule has 0 radical (unpaired) electrons. The van der Waals surface area contributed by atoms with Gasteiger partial charge in [-0.05, 0) is 0 Å². The first-order valence-electron chi connectivity index (χ1n) is 1.97. The Morgan fingerprint density at radius 2 is 2.12 bits per heavy atom. The van der Waals surface area contributed by atoms with Gasteiger partial charge in [-0.3, -0.25) is 0 Å². The minimum absolute atomic E-state index is 0. The van der Waals surface area contributed by atoms with Crippen LogP contribution in [0.15, 0.2) is 21.5 Å². The van der Waals surface area contributed by atoms with Crippen LogP contribution in [0.1, 0.15) is 7.85 Å². The first-order chi connectivity index (χ1) is 2.89. The van der Waals surface area contributed by atoms with E-state index in [0.29, 0.717) is 0 Å². The molecule has 1 aliphatic rings. The predicted octanol–water partition coefficient (Wildman–Crippen LogP) is -4.50. The Bertz CT molecular complexity index is 112. The molecule has 1 aliphatic carbocycles. The SMILES string of the molecule is [Cl-].[Cl-].[H-].[Zr+3][C]1=CC=CC1. The van der Waals surface area contributed by atoms with Crippen LogP contribution in [0, 0.1) is 0 Å². The van der Waals surface area contributed by atoms with Gasteiger partial charge in [0.25, 0.3) is 0 Å². The van der Waals surface area contributed by atoms with Gasteiger partial charge in [0.1, 0.15) is 0 Å². The standard InChI is InChI=1S/C5H5.2ClH.Zr.H/c1-2-4-5-3-1;;;;/h1-3H,4H2;2*1H;;/q;;;+3;-1/p-2. The number of halogens is 2. The van der Waals surface area contributed by atoms with Gasteiger partial charge in [0.05, 0.1) is 0 Å². The maximum absolute atomic E-state index is 2.18. The fourth-order valence-corrected chi connectivity index (χ4v) is 0.973. The first-order valence-corrected chi connectivity index (χ1v) is 3.20. The molecule has 0 nitrogen and oxygen atoms in total. The molecule has 0 atom stereocenters. The Morgan fingerprint density at radius 1 is 1.50 bits per heavy atom. The van der Waals surface area contributed by atoms with Crippen LogP contribution in [0.25, 0.3) is 0 Å². The van der Waals surface area contributed by atoms with E-state index in [2.05, 4.69) is 18.2 Å². The summed E-state index contributed by atoms with van der Waals surface area (Å²) in [6.45, 7) is 0. The monoisotopic (exact) mass is 226 g/mol. The van der Waals surface area contributed by atoms with Crippen molar-refractivity contribution in [3.63, 3.8) is 0 Å². The van der Waals surface area contributed by atoms with Gasteiger partial charge in [-0.15, -0.1) is 0 Å². The molecule has 0 saturated heterocycles. The zero-order valence-corrected chi connectivity index (χ0v) is 8.16. The summed E-state index contributed by atoms with van der Waals surface area (Å²) in [6, 6.07) is 0. The Morgan fingerprint density at radius 3 is 2.25 bits per heavy atom. The van der Waals surface area contributed by atoms with Gasteiger partial charge in [-0.25, -0.2) is 0 Å². The summed E-state index contributed by atoms with van der Waals surface area (Å²) in [4.78, 5) is 0. The van der Waals surface area contributed by atoms with Gasteiger partial charge in [0, 0.05) is 0 Å². The molecule has 0 aromatic carbocycles. The van der Waals surface area contributed by atoms with E-state index in [0.717, 1.165) is 0 Å². The van der Waals surface area contributed by atoms with Gasteiger partial charge in [-0.2, -0.15) is 0 Å².